The average Bonchev–Trinajstić information content (AvgIpc) is 3.11. The van der Waals surface area contributed by atoms with Crippen molar-refractivity contribution in [2.24, 2.45) is 0 Å². The van der Waals surface area contributed by atoms with Crippen molar-refractivity contribution in [3.8, 4) is 5.75 Å². The van der Waals surface area contributed by atoms with Gasteiger partial charge in [-0.2, -0.15) is 0 Å². The highest BCUT2D eigenvalue weighted by Gasteiger charge is 2.35. The van der Waals surface area contributed by atoms with Crippen LogP contribution in [0.3, 0.4) is 0 Å². The highest BCUT2D eigenvalue weighted by atomic mass is 79.9. The Balaban J connectivity index is 1.56. The van der Waals surface area contributed by atoms with Crippen molar-refractivity contribution in [3.05, 3.63) is 124 Å². The summed E-state index contributed by atoms with van der Waals surface area (Å²) in [5.74, 6) is -0.142. The van der Waals surface area contributed by atoms with Gasteiger partial charge in [0, 0.05) is 23.5 Å². The standard InChI is InChI=1S/C39H44BrN3O5S/c1-3-48-35-22-20-34(21-23-35)43(49(46,47)36-24-18-32(40)19-25-36)28-38(44)42(27-31-16-14-29(2)15-17-31)37(26-30-10-6-4-7-11-30)39(45)41-33-12-8-5-9-13-33/h4,6-7,10-11,14-25,33,37H,3,5,8-9,12-13,26-28H2,1-2H3,(H,41,45). The number of anilines is 1. The lowest BCUT2D eigenvalue weighted by Gasteiger charge is -2.35. The zero-order valence-electron chi connectivity index (χ0n) is 28.1. The molecule has 10 heteroatoms. The fraction of sp³-hybridized carbons (Fsp3) is 0.333. The van der Waals surface area contributed by atoms with Crippen molar-refractivity contribution in [2.75, 3.05) is 17.5 Å². The normalized spacial score (nSPS) is 14.1. The molecule has 1 atom stereocenters. The van der Waals surface area contributed by atoms with Gasteiger partial charge in [0.15, 0.2) is 0 Å². The molecule has 1 saturated carbocycles. The molecule has 258 valence electrons. The zero-order chi connectivity index (χ0) is 34.8. The average molecular weight is 747 g/mol. The number of nitrogens with zero attached hydrogens (tertiary/aromatic N) is 2. The van der Waals surface area contributed by atoms with E-state index in [-0.39, 0.29) is 29.8 Å². The lowest BCUT2D eigenvalue weighted by atomic mass is 9.94. The van der Waals surface area contributed by atoms with Crippen LogP contribution >= 0.6 is 15.9 Å². The van der Waals surface area contributed by atoms with Crippen LogP contribution in [0.25, 0.3) is 0 Å². The summed E-state index contributed by atoms with van der Waals surface area (Å²) >= 11 is 3.38. The van der Waals surface area contributed by atoms with Gasteiger partial charge >= 0.3 is 0 Å². The molecule has 0 saturated heterocycles. The van der Waals surface area contributed by atoms with Crippen molar-refractivity contribution in [3.63, 3.8) is 0 Å². The molecule has 4 aromatic carbocycles. The van der Waals surface area contributed by atoms with Crippen LogP contribution in [0.15, 0.2) is 112 Å². The fourth-order valence-corrected chi connectivity index (χ4v) is 7.80. The molecule has 0 heterocycles. The lowest BCUT2D eigenvalue weighted by Crippen LogP contribution is -2.55. The van der Waals surface area contributed by atoms with E-state index in [0.717, 1.165) is 57.6 Å². The third-order valence-corrected chi connectivity index (χ3v) is 11.1. The minimum Gasteiger partial charge on any atom is -0.494 e. The molecule has 49 heavy (non-hydrogen) atoms. The van der Waals surface area contributed by atoms with E-state index in [1.165, 1.54) is 12.1 Å². The quantitative estimate of drug-likeness (QED) is 0.145. The maximum Gasteiger partial charge on any atom is 0.264 e. The monoisotopic (exact) mass is 745 g/mol. The summed E-state index contributed by atoms with van der Waals surface area (Å²) in [4.78, 5) is 30.6. The Hall–Kier alpha value is -4.15. The summed E-state index contributed by atoms with van der Waals surface area (Å²) in [6, 6.07) is 29.6. The summed E-state index contributed by atoms with van der Waals surface area (Å²) in [7, 11) is -4.21. The highest BCUT2D eigenvalue weighted by Crippen LogP contribution is 2.28. The minimum absolute atomic E-state index is 0.0361. The summed E-state index contributed by atoms with van der Waals surface area (Å²) in [6.45, 7) is 3.93. The van der Waals surface area contributed by atoms with E-state index >= 15 is 0 Å². The van der Waals surface area contributed by atoms with Crippen LogP contribution in [-0.4, -0.2) is 50.4 Å². The maximum atomic E-state index is 14.7. The van der Waals surface area contributed by atoms with Crippen LogP contribution in [0.2, 0.25) is 0 Å². The zero-order valence-corrected chi connectivity index (χ0v) is 30.5. The lowest BCUT2D eigenvalue weighted by molar-refractivity contribution is -0.140. The first kappa shape index (κ1) is 36.1. The molecule has 1 N–H and O–H groups in total. The number of hydrogen-bond acceptors (Lipinski definition) is 5. The van der Waals surface area contributed by atoms with Crippen molar-refractivity contribution in [1.29, 1.82) is 0 Å². The number of hydrogen-bond donors (Lipinski definition) is 1. The molecule has 0 aliphatic heterocycles. The van der Waals surface area contributed by atoms with Crippen molar-refractivity contribution >= 4 is 43.5 Å². The first-order valence-electron chi connectivity index (χ1n) is 16.8. The van der Waals surface area contributed by atoms with Gasteiger partial charge in [0.25, 0.3) is 10.0 Å². The first-order valence-corrected chi connectivity index (χ1v) is 19.1. The Kier molecular flexibility index (Phi) is 12.5. The van der Waals surface area contributed by atoms with Crippen LogP contribution in [0.1, 0.15) is 55.7 Å². The molecule has 1 aliphatic rings. The predicted octanol–water partition coefficient (Wildman–Crippen LogP) is 7.44. The molecule has 1 fully saturated rings. The number of amides is 2. The van der Waals surface area contributed by atoms with Gasteiger partial charge in [-0.1, -0.05) is 95.4 Å². The van der Waals surface area contributed by atoms with Gasteiger partial charge in [-0.05, 0) is 86.3 Å². The molecule has 0 spiro atoms. The first-order chi connectivity index (χ1) is 23.6. The number of aryl methyl sites for hydroxylation is 1. The molecule has 5 rings (SSSR count). The molecule has 0 aromatic heterocycles. The Morgan fingerprint density at radius 3 is 2.14 bits per heavy atom. The van der Waals surface area contributed by atoms with Gasteiger partial charge in [-0.15, -0.1) is 0 Å². The SMILES string of the molecule is CCOc1ccc(N(CC(=O)N(Cc2ccc(C)cc2)C(Cc2ccccc2)C(=O)NC2CCCCC2)S(=O)(=O)c2ccc(Br)cc2)cc1. The second kappa shape index (κ2) is 17.0. The van der Waals surface area contributed by atoms with Gasteiger partial charge in [0.1, 0.15) is 18.3 Å². The maximum absolute atomic E-state index is 14.7. The Labute approximate surface area is 298 Å². The Morgan fingerprint density at radius 1 is 0.857 bits per heavy atom. The summed E-state index contributed by atoms with van der Waals surface area (Å²) in [6.07, 6.45) is 5.31. The topological polar surface area (TPSA) is 96.0 Å². The van der Waals surface area contributed by atoms with Gasteiger partial charge in [0.2, 0.25) is 11.8 Å². The smallest absolute Gasteiger partial charge is 0.264 e. The van der Waals surface area contributed by atoms with E-state index in [4.69, 9.17) is 4.74 Å². The second-order valence-electron chi connectivity index (χ2n) is 12.4. The van der Waals surface area contributed by atoms with E-state index in [2.05, 4.69) is 21.2 Å². The van der Waals surface area contributed by atoms with Gasteiger partial charge in [-0.3, -0.25) is 13.9 Å². The minimum atomic E-state index is -4.21. The third-order valence-electron chi connectivity index (χ3n) is 8.81. The van der Waals surface area contributed by atoms with Crippen LogP contribution in [0.5, 0.6) is 5.75 Å². The number of nitrogens with one attached hydrogen (secondary N) is 1. The number of carbonyl (C=O) groups excluding carboxylic acids is 2. The number of rotatable bonds is 14. The third kappa shape index (κ3) is 9.73. The van der Waals surface area contributed by atoms with Gasteiger partial charge in [0.05, 0.1) is 17.2 Å². The van der Waals surface area contributed by atoms with Gasteiger partial charge < -0.3 is 15.0 Å². The molecular formula is C39H44BrN3O5S. The number of ether oxygens (including phenoxy) is 1. The van der Waals surface area contributed by atoms with Gasteiger partial charge in [-0.25, -0.2) is 8.42 Å². The van der Waals surface area contributed by atoms with Crippen LogP contribution < -0.4 is 14.4 Å². The largest absolute Gasteiger partial charge is 0.494 e. The van der Waals surface area contributed by atoms with E-state index < -0.39 is 28.5 Å². The summed E-state index contributed by atoms with van der Waals surface area (Å²) in [5.41, 5.74) is 3.12. The molecule has 1 unspecified atom stereocenters. The van der Waals surface area contributed by atoms with E-state index in [0.29, 0.717) is 18.0 Å². The molecule has 8 nitrogen and oxygen atoms in total. The van der Waals surface area contributed by atoms with Crippen molar-refractivity contribution in [1.82, 2.24) is 10.2 Å². The Morgan fingerprint density at radius 2 is 1.51 bits per heavy atom. The number of halogens is 1. The van der Waals surface area contributed by atoms with Crippen LogP contribution in [0, 0.1) is 6.92 Å². The van der Waals surface area contributed by atoms with Crippen molar-refractivity contribution in [2.45, 2.75) is 75.9 Å². The number of carbonyl (C=O) groups is 2. The molecular weight excluding hydrogens is 702 g/mol. The van der Waals surface area contributed by atoms with Crippen LogP contribution in [-0.2, 0) is 32.6 Å². The fourth-order valence-electron chi connectivity index (χ4n) is 6.13. The van der Waals surface area contributed by atoms with E-state index in [1.54, 1.807) is 41.3 Å². The molecule has 0 radical (unpaired) electrons. The van der Waals surface area contributed by atoms with Crippen LogP contribution in [0.4, 0.5) is 5.69 Å². The molecule has 0 bridgehead atoms. The van der Waals surface area contributed by atoms with E-state index in [9.17, 15) is 18.0 Å². The van der Waals surface area contributed by atoms with Crippen molar-refractivity contribution < 1.29 is 22.7 Å². The van der Waals surface area contributed by atoms with E-state index in [1.807, 2.05) is 68.4 Å². The number of benzene rings is 4. The number of sulfonamides is 1. The Bertz CT molecular complexity index is 1780. The molecule has 2 amide bonds. The molecule has 4 aromatic rings. The predicted molar refractivity (Wildman–Crippen MR) is 197 cm³/mol. The summed E-state index contributed by atoms with van der Waals surface area (Å²) < 4.78 is 36.0. The second-order valence-corrected chi connectivity index (χ2v) is 15.2. The highest BCUT2D eigenvalue weighted by molar-refractivity contribution is 9.10. The molecule has 1 aliphatic carbocycles. The summed E-state index contributed by atoms with van der Waals surface area (Å²) in [5, 5.41) is 3.25.